The molecule has 7 nitrogen and oxygen atoms in total. The van der Waals surface area contributed by atoms with Gasteiger partial charge in [-0.1, -0.05) is 11.6 Å². The van der Waals surface area contributed by atoms with Gasteiger partial charge in [0.15, 0.2) is 0 Å². The number of nitrogens with zero attached hydrogens (tertiary/aromatic N) is 6. The molecule has 0 atom stereocenters. The van der Waals surface area contributed by atoms with Gasteiger partial charge in [0.1, 0.15) is 29.0 Å². The number of aromatic nitrogens is 5. The van der Waals surface area contributed by atoms with Crippen LogP contribution in [-0.2, 0) is 12.7 Å². The lowest BCUT2D eigenvalue weighted by atomic mass is 10.2. The quantitative estimate of drug-likeness (QED) is 0.403. The molecular formula is C20H12ClF3N6O. The van der Waals surface area contributed by atoms with Gasteiger partial charge < -0.3 is 4.74 Å². The fourth-order valence-corrected chi connectivity index (χ4v) is 3.24. The molecule has 3 heterocycles. The molecule has 31 heavy (non-hydrogen) atoms. The van der Waals surface area contributed by atoms with E-state index >= 15 is 0 Å². The molecule has 0 aliphatic carbocycles. The zero-order valence-corrected chi connectivity index (χ0v) is 16.6. The normalized spacial score (nSPS) is 11.5. The minimum absolute atomic E-state index is 0.00415. The Morgan fingerprint density at radius 3 is 2.58 bits per heavy atom. The zero-order chi connectivity index (χ0) is 22.2. The maximum absolute atomic E-state index is 12.8. The van der Waals surface area contributed by atoms with Gasteiger partial charge in [-0.25, -0.2) is 14.6 Å². The molecule has 4 rings (SSSR count). The lowest BCUT2D eigenvalue weighted by Crippen LogP contribution is -2.04. The number of ether oxygens (including phenoxy) is 1. The lowest BCUT2D eigenvalue weighted by molar-refractivity contribution is -0.137. The van der Waals surface area contributed by atoms with E-state index in [1.165, 1.54) is 29.1 Å². The Balaban J connectivity index is 1.75. The van der Waals surface area contributed by atoms with Gasteiger partial charge in [-0.3, -0.25) is 0 Å². The van der Waals surface area contributed by atoms with Gasteiger partial charge in [-0.2, -0.15) is 28.5 Å². The van der Waals surface area contributed by atoms with Crippen LogP contribution < -0.4 is 4.74 Å². The Bertz CT molecular complexity index is 1310. The molecule has 156 valence electrons. The van der Waals surface area contributed by atoms with Crippen molar-refractivity contribution in [2.24, 2.45) is 0 Å². The molecule has 4 aromatic rings. The second-order valence-electron chi connectivity index (χ2n) is 6.42. The standard InChI is InChI=1S/C20H12ClF3N6O/c1-11-27-14(18-17-15(6-8-26-19(17)21)30(29-18)9-7-25)10-16(28-11)31-13-4-2-12(3-5-13)20(22,23)24/h2-6,8,10H,9H2,1H3. The van der Waals surface area contributed by atoms with Crippen LogP contribution in [-0.4, -0.2) is 24.7 Å². The summed E-state index contributed by atoms with van der Waals surface area (Å²) in [6.45, 7) is 1.63. The highest BCUT2D eigenvalue weighted by atomic mass is 35.5. The highest BCUT2D eigenvalue weighted by Gasteiger charge is 2.30. The Hall–Kier alpha value is -3.71. The zero-order valence-electron chi connectivity index (χ0n) is 15.9. The summed E-state index contributed by atoms with van der Waals surface area (Å²) in [5.41, 5.74) is 0.575. The van der Waals surface area contributed by atoms with Crippen molar-refractivity contribution >= 4 is 22.5 Å². The topological polar surface area (TPSA) is 89.5 Å². The lowest BCUT2D eigenvalue weighted by Gasteiger charge is -2.09. The molecular weight excluding hydrogens is 433 g/mol. The van der Waals surface area contributed by atoms with Crippen molar-refractivity contribution in [3.05, 3.63) is 59.1 Å². The predicted molar refractivity (Wildman–Crippen MR) is 105 cm³/mol. The van der Waals surface area contributed by atoms with Crippen LogP contribution in [0.5, 0.6) is 11.6 Å². The smallest absolute Gasteiger partial charge is 0.416 e. The first kappa shape index (κ1) is 20.6. The second kappa shape index (κ2) is 7.85. The van der Waals surface area contributed by atoms with Crippen molar-refractivity contribution in [3.8, 4) is 29.1 Å². The third-order valence-electron chi connectivity index (χ3n) is 4.30. The average molecular weight is 445 g/mol. The van der Waals surface area contributed by atoms with Crippen LogP contribution >= 0.6 is 11.6 Å². The van der Waals surface area contributed by atoms with Crippen molar-refractivity contribution < 1.29 is 17.9 Å². The number of benzene rings is 1. The van der Waals surface area contributed by atoms with E-state index in [0.29, 0.717) is 28.1 Å². The number of pyridine rings is 1. The maximum atomic E-state index is 12.8. The summed E-state index contributed by atoms with van der Waals surface area (Å²) in [7, 11) is 0. The number of hydrogen-bond acceptors (Lipinski definition) is 6. The fraction of sp³-hybridized carbons (Fsp3) is 0.150. The van der Waals surface area contributed by atoms with Gasteiger partial charge >= 0.3 is 6.18 Å². The summed E-state index contributed by atoms with van der Waals surface area (Å²) in [5.74, 6) is 0.643. The Morgan fingerprint density at radius 1 is 1.16 bits per heavy atom. The second-order valence-corrected chi connectivity index (χ2v) is 6.78. The van der Waals surface area contributed by atoms with Crippen LogP contribution in [0.1, 0.15) is 11.4 Å². The van der Waals surface area contributed by atoms with E-state index in [1.54, 1.807) is 13.0 Å². The van der Waals surface area contributed by atoms with E-state index in [9.17, 15) is 13.2 Å². The molecule has 0 saturated heterocycles. The molecule has 0 spiro atoms. The maximum Gasteiger partial charge on any atom is 0.416 e. The molecule has 0 fully saturated rings. The van der Waals surface area contributed by atoms with E-state index in [-0.39, 0.29) is 23.3 Å². The first-order chi connectivity index (χ1) is 14.8. The Labute approximate surface area is 178 Å². The first-order valence-electron chi connectivity index (χ1n) is 8.85. The summed E-state index contributed by atoms with van der Waals surface area (Å²) >= 11 is 6.27. The van der Waals surface area contributed by atoms with Gasteiger partial charge in [0.2, 0.25) is 5.88 Å². The monoisotopic (exact) mass is 444 g/mol. The fourth-order valence-electron chi connectivity index (χ4n) is 3.00. The molecule has 0 saturated carbocycles. The summed E-state index contributed by atoms with van der Waals surface area (Å²) in [5, 5.41) is 14.2. The van der Waals surface area contributed by atoms with Gasteiger partial charge in [-0.05, 0) is 37.3 Å². The van der Waals surface area contributed by atoms with Crippen LogP contribution in [0.3, 0.4) is 0 Å². The van der Waals surface area contributed by atoms with Gasteiger partial charge in [0.25, 0.3) is 0 Å². The third-order valence-corrected chi connectivity index (χ3v) is 4.59. The molecule has 0 N–H and O–H groups in total. The summed E-state index contributed by atoms with van der Waals surface area (Å²) in [6.07, 6.45) is -2.93. The number of rotatable bonds is 4. The average Bonchev–Trinajstić information content (AvgIpc) is 3.08. The van der Waals surface area contributed by atoms with Crippen molar-refractivity contribution in [3.63, 3.8) is 0 Å². The molecule has 3 aromatic heterocycles. The van der Waals surface area contributed by atoms with Crippen LogP contribution in [0.4, 0.5) is 13.2 Å². The van der Waals surface area contributed by atoms with E-state index in [0.717, 1.165) is 12.1 Å². The van der Waals surface area contributed by atoms with Crippen molar-refractivity contribution in [2.45, 2.75) is 19.6 Å². The summed E-state index contributed by atoms with van der Waals surface area (Å²) < 4.78 is 45.4. The molecule has 0 aliphatic rings. The number of halogens is 4. The highest BCUT2D eigenvalue weighted by Crippen LogP contribution is 2.34. The van der Waals surface area contributed by atoms with E-state index in [2.05, 4.69) is 20.1 Å². The van der Waals surface area contributed by atoms with Crippen LogP contribution in [0.15, 0.2) is 42.6 Å². The van der Waals surface area contributed by atoms with Crippen LogP contribution in [0.25, 0.3) is 22.3 Å². The van der Waals surface area contributed by atoms with Crippen molar-refractivity contribution in [1.82, 2.24) is 24.7 Å². The molecule has 0 aliphatic heterocycles. The van der Waals surface area contributed by atoms with Crippen LogP contribution in [0, 0.1) is 18.3 Å². The number of fused-ring (bicyclic) bond motifs is 1. The van der Waals surface area contributed by atoms with Crippen molar-refractivity contribution in [1.29, 1.82) is 5.26 Å². The van der Waals surface area contributed by atoms with E-state index in [1.807, 2.05) is 6.07 Å². The Morgan fingerprint density at radius 2 is 1.90 bits per heavy atom. The van der Waals surface area contributed by atoms with Gasteiger partial charge in [0.05, 0.1) is 28.2 Å². The van der Waals surface area contributed by atoms with Gasteiger partial charge in [0, 0.05) is 12.3 Å². The third kappa shape index (κ3) is 4.13. The van der Waals surface area contributed by atoms with E-state index < -0.39 is 11.7 Å². The number of alkyl halides is 3. The molecule has 0 amide bonds. The minimum atomic E-state index is -4.44. The van der Waals surface area contributed by atoms with Crippen molar-refractivity contribution in [2.75, 3.05) is 0 Å². The van der Waals surface area contributed by atoms with E-state index in [4.69, 9.17) is 21.6 Å². The summed E-state index contributed by atoms with van der Waals surface area (Å²) in [6, 6.07) is 9.47. The summed E-state index contributed by atoms with van der Waals surface area (Å²) in [4.78, 5) is 12.6. The SMILES string of the molecule is Cc1nc(Oc2ccc(C(F)(F)F)cc2)cc(-c2nn(CC#N)c3ccnc(Cl)c23)n1. The van der Waals surface area contributed by atoms with Gasteiger partial charge in [-0.15, -0.1) is 0 Å². The predicted octanol–water partition coefficient (Wildman–Crippen LogP) is 5.18. The molecule has 1 aromatic carbocycles. The largest absolute Gasteiger partial charge is 0.439 e. The minimum Gasteiger partial charge on any atom is -0.439 e. The van der Waals surface area contributed by atoms with Crippen LogP contribution in [0.2, 0.25) is 5.15 Å². The number of hydrogen-bond donors (Lipinski definition) is 0. The molecule has 0 bridgehead atoms. The highest BCUT2D eigenvalue weighted by molar-refractivity contribution is 6.35. The molecule has 0 unspecified atom stereocenters. The number of aryl methyl sites for hydroxylation is 1. The Kier molecular flexibility index (Phi) is 5.20. The first-order valence-corrected chi connectivity index (χ1v) is 9.23. The molecule has 0 radical (unpaired) electrons. The number of nitriles is 1. The molecule has 11 heteroatoms.